The van der Waals surface area contributed by atoms with E-state index in [4.69, 9.17) is 4.74 Å². The molecule has 0 spiro atoms. The third-order valence-corrected chi connectivity index (χ3v) is 4.72. The number of carbonyl (C=O) groups excluding carboxylic acids is 1. The molecule has 1 saturated carbocycles. The largest absolute Gasteiger partial charge is 0.376 e. The molecule has 2 aliphatic heterocycles. The molecule has 1 amide bonds. The molecule has 3 unspecified atom stereocenters. The van der Waals surface area contributed by atoms with Crippen molar-refractivity contribution in [2.75, 3.05) is 19.7 Å². The van der Waals surface area contributed by atoms with Crippen molar-refractivity contribution < 1.29 is 9.53 Å². The van der Waals surface area contributed by atoms with Gasteiger partial charge in [0.2, 0.25) is 5.91 Å². The van der Waals surface area contributed by atoms with Crippen LogP contribution in [0.2, 0.25) is 0 Å². The number of likely N-dealkylation sites (tertiary alicyclic amines) is 1. The first-order chi connectivity index (χ1) is 9.25. The van der Waals surface area contributed by atoms with Crippen LogP contribution in [0.25, 0.3) is 0 Å². The zero-order chi connectivity index (χ0) is 13.2. The summed E-state index contributed by atoms with van der Waals surface area (Å²) < 4.78 is 5.83. The molecule has 3 fully saturated rings. The minimum Gasteiger partial charge on any atom is -0.376 e. The number of piperidine rings is 1. The molecule has 0 bridgehead atoms. The molecule has 4 heteroatoms. The van der Waals surface area contributed by atoms with Gasteiger partial charge >= 0.3 is 0 Å². The highest BCUT2D eigenvalue weighted by Gasteiger charge is 2.41. The van der Waals surface area contributed by atoms with Gasteiger partial charge in [-0.25, -0.2) is 0 Å². The van der Waals surface area contributed by atoms with E-state index in [-0.39, 0.29) is 11.9 Å². The maximum atomic E-state index is 12.4. The van der Waals surface area contributed by atoms with Crippen molar-refractivity contribution in [1.29, 1.82) is 0 Å². The zero-order valence-corrected chi connectivity index (χ0v) is 11.9. The standard InChI is InChI=1S/C15H26N2O2/c1-11(15(18)17-8-3-2-4-9-17)16-13-7-10-19-14(13)12-5-6-12/h11-14,16H,2-10H2,1H3. The van der Waals surface area contributed by atoms with Crippen LogP contribution in [0.4, 0.5) is 0 Å². The molecule has 3 rings (SSSR count). The lowest BCUT2D eigenvalue weighted by atomic mass is 10.0. The molecule has 0 aromatic heterocycles. The van der Waals surface area contributed by atoms with E-state index >= 15 is 0 Å². The van der Waals surface area contributed by atoms with E-state index in [9.17, 15) is 4.79 Å². The third kappa shape index (κ3) is 3.11. The molecule has 0 aromatic carbocycles. The Labute approximate surface area is 115 Å². The van der Waals surface area contributed by atoms with Crippen LogP contribution in [-0.2, 0) is 9.53 Å². The van der Waals surface area contributed by atoms with Gasteiger partial charge in [0, 0.05) is 25.7 Å². The fourth-order valence-corrected chi connectivity index (χ4v) is 3.46. The van der Waals surface area contributed by atoms with Crippen molar-refractivity contribution in [3.63, 3.8) is 0 Å². The highest BCUT2D eigenvalue weighted by atomic mass is 16.5. The average molecular weight is 266 g/mol. The average Bonchev–Trinajstić information content (AvgIpc) is 3.19. The Kier molecular flexibility index (Phi) is 4.08. The quantitative estimate of drug-likeness (QED) is 0.839. The second kappa shape index (κ2) is 5.80. The van der Waals surface area contributed by atoms with Crippen LogP contribution in [0, 0.1) is 5.92 Å². The Morgan fingerprint density at radius 2 is 1.95 bits per heavy atom. The van der Waals surface area contributed by atoms with Crippen LogP contribution >= 0.6 is 0 Å². The predicted molar refractivity (Wildman–Crippen MR) is 73.9 cm³/mol. The van der Waals surface area contributed by atoms with Gasteiger partial charge in [-0.3, -0.25) is 4.79 Å². The summed E-state index contributed by atoms with van der Waals surface area (Å²) in [5.41, 5.74) is 0. The summed E-state index contributed by atoms with van der Waals surface area (Å²) in [7, 11) is 0. The minimum absolute atomic E-state index is 0.0638. The lowest BCUT2D eigenvalue weighted by Gasteiger charge is -2.31. The Morgan fingerprint density at radius 1 is 1.21 bits per heavy atom. The molecule has 4 nitrogen and oxygen atoms in total. The van der Waals surface area contributed by atoms with Crippen LogP contribution in [0.1, 0.15) is 45.4 Å². The molecule has 19 heavy (non-hydrogen) atoms. The normalized spacial score (nSPS) is 33.4. The monoisotopic (exact) mass is 266 g/mol. The van der Waals surface area contributed by atoms with E-state index in [2.05, 4.69) is 5.32 Å². The van der Waals surface area contributed by atoms with Gasteiger partial charge in [-0.05, 0) is 51.4 Å². The number of carbonyl (C=O) groups is 1. The molecule has 3 atom stereocenters. The molecule has 2 saturated heterocycles. The first-order valence-electron chi connectivity index (χ1n) is 7.92. The van der Waals surface area contributed by atoms with Gasteiger partial charge in [0.1, 0.15) is 0 Å². The Bertz CT molecular complexity index is 324. The Morgan fingerprint density at radius 3 is 2.63 bits per heavy atom. The number of ether oxygens (including phenoxy) is 1. The number of nitrogens with zero attached hydrogens (tertiary/aromatic N) is 1. The molecule has 0 aromatic rings. The summed E-state index contributed by atoms with van der Waals surface area (Å²) in [6.45, 7) is 4.75. The summed E-state index contributed by atoms with van der Waals surface area (Å²) in [5, 5.41) is 3.53. The van der Waals surface area contributed by atoms with E-state index in [0.29, 0.717) is 12.1 Å². The number of rotatable bonds is 4. The topological polar surface area (TPSA) is 41.6 Å². The van der Waals surface area contributed by atoms with E-state index < -0.39 is 0 Å². The van der Waals surface area contributed by atoms with Crippen LogP contribution in [-0.4, -0.2) is 48.7 Å². The molecule has 3 aliphatic rings. The molecular weight excluding hydrogens is 240 g/mol. The van der Waals surface area contributed by atoms with Crippen molar-refractivity contribution in [1.82, 2.24) is 10.2 Å². The number of hydrogen-bond acceptors (Lipinski definition) is 3. The fourth-order valence-electron chi connectivity index (χ4n) is 3.46. The molecule has 1 aliphatic carbocycles. The van der Waals surface area contributed by atoms with Crippen LogP contribution in [0.15, 0.2) is 0 Å². The molecule has 1 N–H and O–H groups in total. The summed E-state index contributed by atoms with van der Waals surface area (Å²) >= 11 is 0. The van der Waals surface area contributed by atoms with Gasteiger partial charge in [-0.15, -0.1) is 0 Å². The van der Waals surface area contributed by atoms with Gasteiger partial charge in [-0.1, -0.05) is 0 Å². The van der Waals surface area contributed by atoms with Gasteiger partial charge in [-0.2, -0.15) is 0 Å². The lowest BCUT2D eigenvalue weighted by Crippen LogP contribution is -2.51. The molecule has 0 radical (unpaired) electrons. The SMILES string of the molecule is CC(NC1CCOC1C1CC1)C(=O)N1CCCCC1. The van der Waals surface area contributed by atoms with Crippen LogP contribution in [0.3, 0.4) is 0 Å². The number of hydrogen-bond donors (Lipinski definition) is 1. The first kappa shape index (κ1) is 13.4. The van der Waals surface area contributed by atoms with E-state index in [1.54, 1.807) is 0 Å². The van der Waals surface area contributed by atoms with Crippen molar-refractivity contribution in [3.05, 3.63) is 0 Å². The maximum Gasteiger partial charge on any atom is 0.239 e. The summed E-state index contributed by atoms with van der Waals surface area (Å²) in [6, 6.07) is 0.322. The van der Waals surface area contributed by atoms with Crippen molar-refractivity contribution in [3.8, 4) is 0 Å². The number of nitrogens with one attached hydrogen (secondary N) is 1. The summed E-state index contributed by atoms with van der Waals surface area (Å²) in [6.07, 6.45) is 7.61. The highest BCUT2D eigenvalue weighted by molar-refractivity contribution is 5.81. The van der Waals surface area contributed by atoms with Gasteiger partial charge < -0.3 is 15.0 Å². The Hall–Kier alpha value is -0.610. The first-order valence-corrected chi connectivity index (χ1v) is 7.92. The van der Waals surface area contributed by atoms with E-state index in [1.807, 2.05) is 11.8 Å². The van der Waals surface area contributed by atoms with Crippen molar-refractivity contribution >= 4 is 5.91 Å². The minimum atomic E-state index is -0.0638. The second-order valence-corrected chi connectivity index (χ2v) is 6.34. The van der Waals surface area contributed by atoms with Gasteiger partial charge in [0.15, 0.2) is 0 Å². The van der Waals surface area contributed by atoms with E-state index in [0.717, 1.165) is 44.9 Å². The van der Waals surface area contributed by atoms with Crippen molar-refractivity contribution in [2.45, 2.75) is 63.6 Å². The van der Waals surface area contributed by atoms with Gasteiger partial charge in [0.05, 0.1) is 12.1 Å². The Balaban J connectivity index is 1.51. The summed E-state index contributed by atoms with van der Waals surface area (Å²) in [5.74, 6) is 1.03. The molecular formula is C15H26N2O2. The van der Waals surface area contributed by atoms with E-state index in [1.165, 1.54) is 19.3 Å². The van der Waals surface area contributed by atoms with Crippen LogP contribution < -0.4 is 5.32 Å². The lowest BCUT2D eigenvalue weighted by molar-refractivity contribution is -0.134. The molecule has 2 heterocycles. The van der Waals surface area contributed by atoms with Gasteiger partial charge in [0.25, 0.3) is 0 Å². The molecule has 108 valence electrons. The summed E-state index contributed by atoms with van der Waals surface area (Å²) in [4.78, 5) is 14.4. The van der Waals surface area contributed by atoms with Crippen LogP contribution in [0.5, 0.6) is 0 Å². The maximum absolute atomic E-state index is 12.4. The highest BCUT2D eigenvalue weighted by Crippen LogP contribution is 2.38. The smallest absolute Gasteiger partial charge is 0.239 e. The second-order valence-electron chi connectivity index (χ2n) is 6.34. The fraction of sp³-hybridized carbons (Fsp3) is 0.933. The zero-order valence-electron chi connectivity index (χ0n) is 11.9. The number of amides is 1. The predicted octanol–water partition coefficient (Wildman–Crippen LogP) is 1.54. The third-order valence-electron chi connectivity index (χ3n) is 4.72. The van der Waals surface area contributed by atoms with Crippen molar-refractivity contribution in [2.24, 2.45) is 5.92 Å².